The van der Waals surface area contributed by atoms with Crippen LogP contribution in [0.4, 0.5) is 9.18 Å². The zero-order chi connectivity index (χ0) is 20.3. The first kappa shape index (κ1) is 19.5. The average molecular weight is 380 g/mol. The third kappa shape index (κ3) is 4.34. The minimum Gasteiger partial charge on any atom is -0.273 e. The molecule has 1 heterocycles. The number of carbonyl (C=O) groups excluding carboxylic acids is 3. The highest BCUT2D eigenvalue weighted by Gasteiger charge is 2.35. The molecule has 6 heteroatoms. The van der Waals surface area contributed by atoms with Crippen molar-refractivity contribution in [3.63, 3.8) is 0 Å². The molecule has 0 bridgehead atoms. The largest absolute Gasteiger partial charge is 0.331 e. The lowest BCUT2D eigenvalue weighted by Gasteiger charge is -2.26. The minimum atomic E-state index is -0.746. The maximum atomic E-state index is 13.0. The van der Waals surface area contributed by atoms with Gasteiger partial charge in [0.15, 0.2) is 0 Å². The summed E-state index contributed by atoms with van der Waals surface area (Å²) >= 11 is 0. The molecule has 0 unspecified atom stereocenters. The topological polar surface area (TPSA) is 66.5 Å². The van der Waals surface area contributed by atoms with E-state index >= 15 is 0 Å². The van der Waals surface area contributed by atoms with E-state index in [1.54, 1.807) is 12.1 Å². The Morgan fingerprint density at radius 1 is 1.00 bits per heavy atom. The van der Waals surface area contributed by atoms with Gasteiger partial charge in [-0.1, -0.05) is 50.2 Å². The van der Waals surface area contributed by atoms with Crippen LogP contribution in [0.1, 0.15) is 36.5 Å². The van der Waals surface area contributed by atoms with Gasteiger partial charge in [0, 0.05) is 6.54 Å². The number of hydrogen-bond acceptors (Lipinski definition) is 3. The molecule has 0 radical (unpaired) electrons. The van der Waals surface area contributed by atoms with Gasteiger partial charge in [-0.25, -0.2) is 9.18 Å². The second-order valence-corrected chi connectivity index (χ2v) is 6.97. The van der Waals surface area contributed by atoms with Gasteiger partial charge in [0.1, 0.15) is 11.4 Å². The molecule has 144 valence electrons. The molecule has 1 aliphatic rings. The number of barbiturate groups is 1. The fraction of sp³-hybridized carbons (Fsp3) is 0.227. The van der Waals surface area contributed by atoms with E-state index in [-0.39, 0.29) is 17.9 Å². The summed E-state index contributed by atoms with van der Waals surface area (Å²) in [5.74, 6) is -1.32. The lowest BCUT2D eigenvalue weighted by molar-refractivity contribution is -0.130. The summed E-state index contributed by atoms with van der Waals surface area (Å²) in [6.45, 7) is 4.25. The summed E-state index contributed by atoms with van der Waals surface area (Å²) in [4.78, 5) is 38.0. The lowest BCUT2D eigenvalue weighted by Crippen LogP contribution is -2.54. The zero-order valence-electron chi connectivity index (χ0n) is 15.7. The highest BCUT2D eigenvalue weighted by Crippen LogP contribution is 2.19. The Kier molecular flexibility index (Phi) is 5.68. The molecule has 1 saturated heterocycles. The van der Waals surface area contributed by atoms with Gasteiger partial charge < -0.3 is 0 Å². The van der Waals surface area contributed by atoms with Crippen molar-refractivity contribution in [3.05, 3.63) is 76.6 Å². The van der Waals surface area contributed by atoms with Gasteiger partial charge in [0.05, 0.1) is 0 Å². The maximum Gasteiger partial charge on any atom is 0.331 e. The third-order valence-electron chi connectivity index (χ3n) is 4.64. The molecule has 0 spiro atoms. The fourth-order valence-corrected chi connectivity index (χ4v) is 2.93. The van der Waals surface area contributed by atoms with Crippen molar-refractivity contribution < 1.29 is 18.8 Å². The second-order valence-electron chi connectivity index (χ2n) is 6.97. The molecule has 0 aromatic heterocycles. The first-order valence-electron chi connectivity index (χ1n) is 9.08. The van der Waals surface area contributed by atoms with Gasteiger partial charge in [-0.05, 0) is 47.2 Å². The lowest BCUT2D eigenvalue weighted by atomic mass is 10.0. The maximum absolute atomic E-state index is 13.0. The van der Waals surface area contributed by atoms with Crippen molar-refractivity contribution in [1.82, 2.24) is 10.2 Å². The van der Waals surface area contributed by atoms with Crippen LogP contribution >= 0.6 is 0 Å². The number of carbonyl (C=O) groups is 3. The van der Waals surface area contributed by atoms with Crippen LogP contribution in [0.25, 0.3) is 6.08 Å². The van der Waals surface area contributed by atoms with Crippen LogP contribution in [-0.4, -0.2) is 29.3 Å². The molecule has 28 heavy (non-hydrogen) atoms. The highest BCUT2D eigenvalue weighted by atomic mass is 19.1. The van der Waals surface area contributed by atoms with Gasteiger partial charge in [0.25, 0.3) is 11.8 Å². The molecule has 0 aliphatic carbocycles. The normalized spacial score (nSPS) is 16.1. The molecule has 0 atom stereocenters. The van der Waals surface area contributed by atoms with Crippen molar-refractivity contribution in [3.8, 4) is 0 Å². The van der Waals surface area contributed by atoms with Gasteiger partial charge in [0.2, 0.25) is 0 Å². The molecule has 1 N–H and O–H groups in total. The number of benzene rings is 2. The molecular formula is C22H21FN2O3. The minimum absolute atomic E-state index is 0.0870. The molecule has 5 nitrogen and oxygen atoms in total. The molecule has 3 rings (SSSR count). The number of amides is 4. The molecule has 1 fully saturated rings. The highest BCUT2D eigenvalue weighted by molar-refractivity contribution is 6.31. The summed E-state index contributed by atoms with van der Waals surface area (Å²) in [5.41, 5.74) is 2.55. The van der Waals surface area contributed by atoms with Crippen LogP contribution in [-0.2, 0) is 16.0 Å². The quantitative estimate of drug-likeness (QED) is 0.636. The number of nitrogens with zero attached hydrogens (tertiary/aromatic N) is 1. The van der Waals surface area contributed by atoms with E-state index in [9.17, 15) is 18.8 Å². The van der Waals surface area contributed by atoms with E-state index in [1.165, 1.54) is 18.2 Å². The first-order chi connectivity index (χ1) is 13.3. The van der Waals surface area contributed by atoms with Crippen molar-refractivity contribution in [1.29, 1.82) is 0 Å². The van der Waals surface area contributed by atoms with Crippen LogP contribution in [0.5, 0.6) is 0 Å². The number of nitrogens with one attached hydrogen (secondary N) is 1. The Bertz CT molecular complexity index is 931. The monoisotopic (exact) mass is 380 g/mol. The van der Waals surface area contributed by atoms with E-state index in [2.05, 4.69) is 19.2 Å². The van der Waals surface area contributed by atoms with E-state index in [0.717, 1.165) is 16.0 Å². The first-order valence-corrected chi connectivity index (χ1v) is 9.08. The van der Waals surface area contributed by atoms with Crippen LogP contribution < -0.4 is 5.32 Å². The Balaban J connectivity index is 1.78. The summed E-state index contributed by atoms with van der Waals surface area (Å²) in [6.07, 6.45) is 1.85. The second kappa shape index (κ2) is 8.17. The Hall–Kier alpha value is -3.28. The molecule has 0 saturated carbocycles. The number of rotatable bonds is 5. The summed E-state index contributed by atoms with van der Waals surface area (Å²) in [5, 5.41) is 2.20. The summed E-state index contributed by atoms with van der Waals surface area (Å²) < 4.78 is 13.0. The molecule has 1 aliphatic heterocycles. The van der Waals surface area contributed by atoms with E-state index < -0.39 is 17.8 Å². The van der Waals surface area contributed by atoms with Crippen molar-refractivity contribution in [2.45, 2.75) is 26.2 Å². The number of halogens is 1. The van der Waals surface area contributed by atoms with E-state index in [4.69, 9.17) is 0 Å². The van der Waals surface area contributed by atoms with Crippen molar-refractivity contribution in [2.24, 2.45) is 0 Å². The van der Waals surface area contributed by atoms with E-state index in [0.29, 0.717) is 17.9 Å². The Morgan fingerprint density at radius 2 is 1.64 bits per heavy atom. The third-order valence-corrected chi connectivity index (χ3v) is 4.64. The van der Waals surface area contributed by atoms with Crippen LogP contribution in [0.2, 0.25) is 0 Å². The summed E-state index contributed by atoms with van der Waals surface area (Å²) in [6, 6.07) is 12.7. The fourth-order valence-electron chi connectivity index (χ4n) is 2.93. The van der Waals surface area contributed by atoms with Crippen LogP contribution in [0, 0.1) is 5.82 Å². The van der Waals surface area contributed by atoms with Crippen molar-refractivity contribution >= 4 is 23.9 Å². The molecule has 4 amide bonds. The predicted molar refractivity (Wildman–Crippen MR) is 104 cm³/mol. The smallest absolute Gasteiger partial charge is 0.273 e. The van der Waals surface area contributed by atoms with Gasteiger partial charge in [-0.3, -0.25) is 19.8 Å². The zero-order valence-corrected chi connectivity index (χ0v) is 15.7. The van der Waals surface area contributed by atoms with Crippen molar-refractivity contribution in [2.75, 3.05) is 6.54 Å². The molecule has 2 aromatic carbocycles. The van der Waals surface area contributed by atoms with E-state index in [1.807, 2.05) is 24.3 Å². The van der Waals surface area contributed by atoms with Crippen LogP contribution in [0.15, 0.2) is 54.1 Å². The van der Waals surface area contributed by atoms with Gasteiger partial charge in [-0.15, -0.1) is 0 Å². The van der Waals surface area contributed by atoms with Crippen LogP contribution in [0.3, 0.4) is 0 Å². The summed E-state index contributed by atoms with van der Waals surface area (Å²) in [7, 11) is 0. The Labute approximate surface area is 162 Å². The molecular weight excluding hydrogens is 359 g/mol. The average Bonchev–Trinajstić information content (AvgIpc) is 2.66. The molecule has 2 aromatic rings. The Morgan fingerprint density at radius 3 is 2.25 bits per heavy atom. The SMILES string of the molecule is CC(C)c1ccc(/C=C2\C(=O)NC(=O)N(CCc3ccc(F)cc3)C2=O)cc1. The van der Waals surface area contributed by atoms with Gasteiger partial charge in [-0.2, -0.15) is 0 Å². The standard InChI is InChI=1S/C22H21FN2O3/c1-14(2)17-7-3-16(4-8-17)13-19-20(26)24-22(28)25(21(19)27)12-11-15-5-9-18(23)10-6-15/h3-10,13-14H,11-12H2,1-2H3,(H,24,26,28)/b19-13+. The number of hydrogen-bond donors (Lipinski definition) is 1. The van der Waals surface area contributed by atoms with Gasteiger partial charge >= 0.3 is 6.03 Å². The number of imide groups is 2. The predicted octanol–water partition coefficient (Wildman–Crippen LogP) is 3.65. The number of urea groups is 1.